The van der Waals surface area contributed by atoms with Crippen molar-refractivity contribution in [3.05, 3.63) is 65.5 Å². The fraction of sp³-hybridized carbons (Fsp3) is 0.435. The maximum atomic E-state index is 14.2. The zero-order valence-corrected chi connectivity index (χ0v) is 16.2. The molecule has 148 valence electrons. The summed E-state index contributed by atoms with van der Waals surface area (Å²) in [5.41, 5.74) is 1.78. The lowest BCUT2D eigenvalue weighted by Gasteiger charge is -2.36. The molecule has 2 N–H and O–H groups in total. The molecule has 28 heavy (non-hydrogen) atoms. The van der Waals surface area contributed by atoms with Crippen molar-refractivity contribution in [3.63, 3.8) is 0 Å². The van der Waals surface area contributed by atoms with E-state index in [2.05, 4.69) is 5.32 Å². The maximum absolute atomic E-state index is 14.2. The Labute approximate surface area is 165 Å². The second-order valence-corrected chi connectivity index (χ2v) is 7.96. The van der Waals surface area contributed by atoms with Gasteiger partial charge in [-0.1, -0.05) is 55.7 Å². The van der Waals surface area contributed by atoms with Crippen molar-refractivity contribution >= 4 is 11.6 Å². The Bertz CT molecular complexity index is 849. The van der Waals surface area contributed by atoms with Crippen molar-refractivity contribution in [1.82, 2.24) is 5.32 Å². The molecule has 0 saturated heterocycles. The summed E-state index contributed by atoms with van der Waals surface area (Å²) in [6.07, 6.45) is 3.86. The van der Waals surface area contributed by atoms with Gasteiger partial charge in [-0.25, -0.2) is 4.39 Å². The van der Waals surface area contributed by atoms with E-state index in [1.807, 2.05) is 30.3 Å². The first-order chi connectivity index (χ1) is 13.6. The van der Waals surface area contributed by atoms with Gasteiger partial charge in [0.05, 0.1) is 23.2 Å². The van der Waals surface area contributed by atoms with Crippen LogP contribution in [-0.2, 0) is 10.2 Å². The number of nitrogens with one attached hydrogen (secondary N) is 1. The number of hydrogen-bond acceptors (Lipinski definition) is 3. The van der Waals surface area contributed by atoms with Gasteiger partial charge in [-0.05, 0) is 43.1 Å². The van der Waals surface area contributed by atoms with Gasteiger partial charge in [0.2, 0.25) is 5.91 Å². The van der Waals surface area contributed by atoms with Crippen LogP contribution in [-0.4, -0.2) is 30.7 Å². The van der Waals surface area contributed by atoms with Gasteiger partial charge >= 0.3 is 0 Å². The zero-order chi connectivity index (χ0) is 19.7. The normalized spacial score (nSPS) is 20.2. The predicted molar refractivity (Wildman–Crippen MR) is 108 cm³/mol. The lowest BCUT2D eigenvalue weighted by Crippen LogP contribution is -2.47. The van der Waals surface area contributed by atoms with Gasteiger partial charge in [-0.2, -0.15) is 0 Å². The van der Waals surface area contributed by atoms with E-state index in [9.17, 15) is 14.3 Å². The molecule has 2 aromatic carbocycles. The molecule has 0 aromatic heterocycles. The van der Waals surface area contributed by atoms with Crippen molar-refractivity contribution in [2.24, 2.45) is 0 Å². The Kier molecular flexibility index (Phi) is 5.21. The smallest absolute Gasteiger partial charge is 0.238 e. The summed E-state index contributed by atoms with van der Waals surface area (Å²) in [4.78, 5) is 15.5. The first-order valence-electron chi connectivity index (χ1n) is 10.1. The lowest BCUT2D eigenvalue weighted by atomic mass is 9.70. The Morgan fingerprint density at radius 3 is 2.54 bits per heavy atom. The highest BCUT2D eigenvalue weighted by Gasteiger charge is 2.53. The van der Waals surface area contributed by atoms with E-state index < -0.39 is 17.6 Å². The highest BCUT2D eigenvalue weighted by atomic mass is 19.1. The van der Waals surface area contributed by atoms with Gasteiger partial charge in [0, 0.05) is 6.54 Å². The zero-order valence-electron chi connectivity index (χ0n) is 16.2. The number of rotatable bonds is 5. The lowest BCUT2D eigenvalue weighted by molar-refractivity contribution is -0.125. The topological polar surface area (TPSA) is 52.6 Å². The molecule has 1 amide bonds. The first-order valence-corrected chi connectivity index (χ1v) is 10.1. The fourth-order valence-electron chi connectivity index (χ4n) is 4.99. The van der Waals surface area contributed by atoms with Crippen LogP contribution in [0.4, 0.5) is 10.1 Å². The average Bonchev–Trinajstić information content (AvgIpc) is 2.92. The summed E-state index contributed by atoms with van der Waals surface area (Å²) >= 11 is 0. The monoisotopic (exact) mass is 382 g/mol. The van der Waals surface area contributed by atoms with E-state index in [-0.39, 0.29) is 11.7 Å². The van der Waals surface area contributed by atoms with Gasteiger partial charge in [0.1, 0.15) is 5.82 Å². The molecular formula is C23H27FN2O2. The van der Waals surface area contributed by atoms with Gasteiger partial charge in [-0.15, -0.1) is 0 Å². The van der Waals surface area contributed by atoms with E-state index in [1.165, 1.54) is 12.1 Å². The third-order valence-corrected chi connectivity index (χ3v) is 6.27. The molecule has 2 atom stereocenters. The number of carbonyl (C=O) groups is 1. The molecule has 4 nitrogen and oxygen atoms in total. The van der Waals surface area contributed by atoms with Crippen LogP contribution in [0.2, 0.25) is 0 Å². The number of carbonyl (C=O) groups excluding carboxylic acids is 1. The molecule has 1 fully saturated rings. The van der Waals surface area contributed by atoms with E-state index in [4.69, 9.17) is 0 Å². The minimum atomic E-state index is -0.814. The second-order valence-electron chi connectivity index (χ2n) is 7.96. The number of benzene rings is 2. The number of halogens is 1. The number of fused-ring (bicyclic) bond motifs is 2. The number of hydrogen-bond donors (Lipinski definition) is 2. The highest BCUT2D eigenvalue weighted by Crippen LogP contribution is 2.52. The van der Waals surface area contributed by atoms with Crippen molar-refractivity contribution in [2.45, 2.75) is 49.7 Å². The molecule has 5 heteroatoms. The van der Waals surface area contributed by atoms with E-state index in [0.717, 1.165) is 43.2 Å². The third kappa shape index (κ3) is 3.03. The van der Waals surface area contributed by atoms with Gasteiger partial charge in [0.15, 0.2) is 0 Å². The number of likely N-dealkylation sites (N-methyl/N-ethyl adjacent to an activating group) is 1. The van der Waals surface area contributed by atoms with Crippen LogP contribution in [0.1, 0.15) is 49.3 Å². The van der Waals surface area contributed by atoms with Crippen LogP contribution in [0.5, 0.6) is 0 Å². The average molecular weight is 382 g/mol. The van der Waals surface area contributed by atoms with Crippen LogP contribution < -0.4 is 10.2 Å². The fourth-order valence-corrected chi connectivity index (χ4v) is 4.99. The molecule has 1 aliphatic carbocycles. The summed E-state index contributed by atoms with van der Waals surface area (Å²) in [6.45, 7) is 0.334. The largest absolute Gasteiger partial charge is 0.389 e. The number of aliphatic hydroxyl groups excluding tert-OH is 1. The first kappa shape index (κ1) is 19.1. The van der Waals surface area contributed by atoms with Crippen molar-refractivity contribution < 1.29 is 14.3 Å². The molecule has 0 bridgehead atoms. The number of amides is 1. The van der Waals surface area contributed by atoms with Crippen molar-refractivity contribution in [2.75, 3.05) is 18.5 Å². The molecule has 1 heterocycles. The minimum Gasteiger partial charge on any atom is -0.389 e. The summed E-state index contributed by atoms with van der Waals surface area (Å²) in [6, 6.07) is 13.7. The van der Waals surface area contributed by atoms with Crippen molar-refractivity contribution in [3.8, 4) is 0 Å². The summed E-state index contributed by atoms with van der Waals surface area (Å²) < 4.78 is 14.2. The molecule has 1 spiro atoms. The SMILES string of the molecule is CNCC(O)C(c1ccccc1)N1C(=O)C2(CCCCC2)c2ccc(F)cc21. The number of nitrogens with zero attached hydrogens (tertiary/aromatic N) is 1. The Hall–Kier alpha value is -2.24. The minimum absolute atomic E-state index is 0.00296. The van der Waals surface area contributed by atoms with Crippen LogP contribution in [0.15, 0.2) is 48.5 Å². The van der Waals surface area contributed by atoms with Gasteiger partial charge in [-0.3, -0.25) is 4.79 Å². The van der Waals surface area contributed by atoms with Crippen LogP contribution in [0.25, 0.3) is 0 Å². The summed E-state index contributed by atoms with van der Waals surface area (Å²) in [7, 11) is 1.77. The summed E-state index contributed by atoms with van der Waals surface area (Å²) in [5, 5.41) is 14.0. The molecule has 1 saturated carbocycles. The van der Waals surface area contributed by atoms with Crippen LogP contribution in [0.3, 0.4) is 0 Å². The molecule has 2 aliphatic rings. The standard InChI is InChI=1S/C23H27FN2O2/c1-25-15-20(27)21(16-8-4-2-5-9-16)26-19-14-17(24)10-11-18(19)23(22(26)28)12-6-3-7-13-23/h2,4-5,8-11,14,20-21,25,27H,3,6-7,12-13,15H2,1H3. The van der Waals surface area contributed by atoms with E-state index in [0.29, 0.717) is 12.2 Å². The van der Waals surface area contributed by atoms with Crippen LogP contribution >= 0.6 is 0 Å². The molecule has 4 rings (SSSR count). The molecule has 0 radical (unpaired) electrons. The number of aliphatic hydroxyl groups is 1. The molecular weight excluding hydrogens is 355 g/mol. The molecule has 1 aliphatic heterocycles. The summed E-state index contributed by atoms with van der Waals surface area (Å²) in [5.74, 6) is -0.365. The second kappa shape index (κ2) is 7.64. The Morgan fingerprint density at radius 1 is 1.14 bits per heavy atom. The Balaban J connectivity index is 1.87. The predicted octanol–water partition coefficient (Wildman–Crippen LogP) is 3.70. The van der Waals surface area contributed by atoms with E-state index >= 15 is 0 Å². The molecule has 2 unspecified atom stereocenters. The highest BCUT2D eigenvalue weighted by molar-refractivity contribution is 6.08. The van der Waals surface area contributed by atoms with Gasteiger partial charge < -0.3 is 15.3 Å². The van der Waals surface area contributed by atoms with Crippen molar-refractivity contribution in [1.29, 1.82) is 0 Å². The third-order valence-electron chi connectivity index (χ3n) is 6.27. The Morgan fingerprint density at radius 2 is 1.86 bits per heavy atom. The van der Waals surface area contributed by atoms with Crippen LogP contribution in [0, 0.1) is 5.82 Å². The quantitative estimate of drug-likeness (QED) is 0.829. The van der Waals surface area contributed by atoms with E-state index in [1.54, 1.807) is 18.0 Å². The van der Waals surface area contributed by atoms with Gasteiger partial charge in [0.25, 0.3) is 0 Å². The molecule has 2 aromatic rings. The maximum Gasteiger partial charge on any atom is 0.238 e. The number of anilines is 1.